The molecule has 3 rings (SSSR count). The van der Waals surface area contributed by atoms with Crippen LogP contribution in [-0.2, 0) is 14.9 Å². The molecular weight excluding hydrogens is 368 g/mol. The van der Waals surface area contributed by atoms with Gasteiger partial charge in [0, 0.05) is 35.4 Å². The molecule has 4 nitrogen and oxygen atoms in total. The maximum Gasteiger partial charge on any atom is 0.221 e. The molecule has 1 heterocycles. The molecule has 0 bridgehead atoms. The number of amides is 1. The van der Waals surface area contributed by atoms with Gasteiger partial charge in [0.2, 0.25) is 5.91 Å². The second-order valence-electron chi connectivity index (χ2n) is 7.05. The van der Waals surface area contributed by atoms with E-state index in [0.29, 0.717) is 13.0 Å². The molecule has 5 heteroatoms. The Hall–Kier alpha value is -0.910. The molecule has 2 aliphatic rings. The van der Waals surface area contributed by atoms with Gasteiger partial charge in [0.25, 0.3) is 0 Å². The Labute approximate surface area is 152 Å². The van der Waals surface area contributed by atoms with E-state index in [1.807, 2.05) is 0 Å². The lowest BCUT2D eigenvalue weighted by molar-refractivity contribution is -0.122. The van der Waals surface area contributed by atoms with E-state index in [4.69, 9.17) is 4.74 Å². The van der Waals surface area contributed by atoms with Gasteiger partial charge in [-0.2, -0.15) is 0 Å². The highest BCUT2D eigenvalue weighted by Crippen LogP contribution is 2.39. The maximum absolute atomic E-state index is 12.4. The number of rotatable bonds is 5. The molecule has 0 aromatic heterocycles. The molecule has 1 saturated heterocycles. The number of halogens is 1. The number of nitrogens with one attached hydrogen (secondary N) is 2. The summed E-state index contributed by atoms with van der Waals surface area (Å²) in [4.78, 5) is 12.4. The molecule has 1 amide bonds. The van der Waals surface area contributed by atoms with Crippen molar-refractivity contribution in [1.29, 1.82) is 0 Å². The van der Waals surface area contributed by atoms with E-state index in [1.54, 1.807) is 0 Å². The van der Waals surface area contributed by atoms with Gasteiger partial charge in [-0.1, -0.05) is 47.3 Å². The first-order valence-corrected chi connectivity index (χ1v) is 9.81. The molecule has 2 N–H and O–H groups in total. The Balaban J connectivity index is 1.61. The van der Waals surface area contributed by atoms with Crippen molar-refractivity contribution < 1.29 is 9.53 Å². The molecule has 1 aromatic carbocycles. The van der Waals surface area contributed by atoms with Crippen molar-refractivity contribution in [3.05, 3.63) is 34.3 Å². The molecule has 0 spiro atoms. The van der Waals surface area contributed by atoms with Crippen molar-refractivity contribution in [1.82, 2.24) is 10.6 Å². The first-order chi connectivity index (χ1) is 11.7. The van der Waals surface area contributed by atoms with Gasteiger partial charge < -0.3 is 15.4 Å². The molecule has 1 saturated carbocycles. The van der Waals surface area contributed by atoms with Crippen molar-refractivity contribution in [2.24, 2.45) is 0 Å². The van der Waals surface area contributed by atoms with Gasteiger partial charge in [-0.15, -0.1) is 0 Å². The highest BCUT2D eigenvalue weighted by molar-refractivity contribution is 9.10. The summed E-state index contributed by atoms with van der Waals surface area (Å²) in [5.41, 5.74) is 1.44. The molecule has 24 heavy (non-hydrogen) atoms. The van der Waals surface area contributed by atoms with Crippen LogP contribution in [0.25, 0.3) is 0 Å². The van der Waals surface area contributed by atoms with Crippen LogP contribution in [0.2, 0.25) is 0 Å². The first kappa shape index (κ1) is 17.9. The van der Waals surface area contributed by atoms with Gasteiger partial charge in [-0.25, -0.2) is 0 Å². The van der Waals surface area contributed by atoms with Crippen LogP contribution in [0.5, 0.6) is 0 Å². The highest BCUT2D eigenvalue weighted by Gasteiger charge is 2.34. The first-order valence-electron chi connectivity index (χ1n) is 9.02. The maximum atomic E-state index is 12.4. The van der Waals surface area contributed by atoms with E-state index in [0.717, 1.165) is 37.0 Å². The number of morpholine rings is 1. The number of carbonyl (C=O) groups is 1. The van der Waals surface area contributed by atoms with Crippen LogP contribution < -0.4 is 10.6 Å². The van der Waals surface area contributed by atoms with Crippen molar-refractivity contribution in [3.63, 3.8) is 0 Å². The van der Waals surface area contributed by atoms with Gasteiger partial charge in [-0.3, -0.25) is 4.79 Å². The summed E-state index contributed by atoms with van der Waals surface area (Å²) < 4.78 is 6.53. The third kappa shape index (κ3) is 4.58. The Morgan fingerprint density at radius 2 is 2.00 bits per heavy atom. The topological polar surface area (TPSA) is 50.4 Å². The van der Waals surface area contributed by atoms with E-state index in [1.165, 1.54) is 24.8 Å². The molecule has 1 atom stereocenters. The molecular formula is C19H27BrN2O2. The summed E-state index contributed by atoms with van der Waals surface area (Å²) in [5.74, 6) is 0.125. The standard InChI is InChI=1S/C19H27BrN2O2/c20-16-6-4-15(5-7-16)19(8-2-1-3-9-19)14-22-18(23)12-17-13-24-11-10-21-17/h4-7,17,21H,1-3,8-14H2,(H,22,23). The Bertz CT molecular complexity index is 535. The normalized spacial score (nSPS) is 23.6. The molecule has 0 radical (unpaired) electrons. The van der Waals surface area contributed by atoms with Gasteiger partial charge in [0.05, 0.1) is 13.2 Å². The zero-order chi connectivity index (χ0) is 16.8. The summed E-state index contributed by atoms with van der Waals surface area (Å²) in [6, 6.07) is 8.78. The quantitative estimate of drug-likeness (QED) is 0.806. The number of hydrogen-bond donors (Lipinski definition) is 2. The van der Waals surface area contributed by atoms with Crippen LogP contribution in [-0.4, -0.2) is 38.3 Å². The molecule has 132 valence electrons. The smallest absolute Gasteiger partial charge is 0.221 e. The van der Waals surface area contributed by atoms with Crippen LogP contribution in [0.4, 0.5) is 0 Å². The van der Waals surface area contributed by atoms with Crippen LogP contribution in [0, 0.1) is 0 Å². The predicted octanol–water partition coefficient (Wildman–Crippen LogP) is 3.15. The van der Waals surface area contributed by atoms with Gasteiger partial charge in [0.1, 0.15) is 0 Å². The minimum absolute atomic E-state index is 0.0884. The number of benzene rings is 1. The summed E-state index contributed by atoms with van der Waals surface area (Å²) in [6.07, 6.45) is 6.58. The third-order valence-electron chi connectivity index (χ3n) is 5.32. The number of carbonyl (C=O) groups excluding carboxylic acids is 1. The molecule has 2 fully saturated rings. The lowest BCUT2D eigenvalue weighted by Crippen LogP contribution is -2.47. The average molecular weight is 395 g/mol. The zero-order valence-electron chi connectivity index (χ0n) is 14.2. The van der Waals surface area contributed by atoms with Crippen molar-refractivity contribution in [2.75, 3.05) is 26.3 Å². The zero-order valence-corrected chi connectivity index (χ0v) is 15.7. The summed E-state index contributed by atoms with van der Waals surface area (Å²) in [6.45, 7) is 2.94. The van der Waals surface area contributed by atoms with E-state index < -0.39 is 0 Å². The summed E-state index contributed by atoms with van der Waals surface area (Å²) >= 11 is 3.52. The van der Waals surface area contributed by atoms with E-state index in [9.17, 15) is 4.79 Å². The van der Waals surface area contributed by atoms with E-state index in [-0.39, 0.29) is 17.4 Å². The predicted molar refractivity (Wildman–Crippen MR) is 99.1 cm³/mol. The van der Waals surface area contributed by atoms with Gasteiger partial charge in [0.15, 0.2) is 0 Å². The summed E-state index contributed by atoms with van der Waals surface area (Å²) in [7, 11) is 0. The Kier molecular flexibility index (Phi) is 6.31. The fourth-order valence-electron chi connectivity index (χ4n) is 3.91. The fourth-order valence-corrected chi connectivity index (χ4v) is 4.18. The number of ether oxygens (including phenoxy) is 1. The van der Waals surface area contributed by atoms with Crippen LogP contribution in [0.15, 0.2) is 28.7 Å². The lowest BCUT2D eigenvalue weighted by Gasteiger charge is -2.38. The molecule has 1 aliphatic heterocycles. The Morgan fingerprint density at radius 3 is 2.67 bits per heavy atom. The minimum Gasteiger partial charge on any atom is -0.378 e. The molecule has 1 aromatic rings. The van der Waals surface area contributed by atoms with Crippen molar-refractivity contribution in [3.8, 4) is 0 Å². The van der Waals surface area contributed by atoms with E-state index >= 15 is 0 Å². The number of hydrogen-bond acceptors (Lipinski definition) is 3. The SMILES string of the molecule is O=C(CC1COCCN1)NCC1(c2ccc(Br)cc2)CCCCC1. The van der Waals surface area contributed by atoms with Crippen molar-refractivity contribution in [2.45, 2.75) is 50.0 Å². The second kappa shape index (κ2) is 8.45. The fraction of sp³-hybridized carbons (Fsp3) is 0.632. The minimum atomic E-state index is 0.0884. The van der Waals surface area contributed by atoms with Crippen LogP contribution >= 0.6 is 15.9 Å². The largest absolute Gasteiger partial charge is 0.378 e. The Morgan fingerprint density at radius 1 is 1.25 bits per heavy atom. The highest BCUT2D eigenvalue weighted by atomic mass is 79.9. The monoisotopic (exact) mass is 394 g/mol. The van der Waals surface area contributed by atoms with Crippen molar-refractivity contribution >= 4 is 21.8 Å². The summed E-state index contributed by atoms with van der Waals surface area (Å²) in [5, 5.41) is 6.55. The van der Waals surface area contributed by atoms with Gasteiger partial charge in [-0.05, 0) is 30.5 Å². The van der Waals surface area contributed by atoms with Crippen LogP contribution in [0.3, 0.4) is 0 Å². The second-order valence-corrected chi connectivity index (χ2v) is 7.97. The lowest BCUT2D eigenvalue weighted by atomic mass is 9.69. The third-order valence-corrected chi connectivity index (χ3v) is 5.85. The van der Waals surface area contributed by atoms with Crippen LogP contribution in [0.1, 0.15) is 44.1 Å². The van der Waals surface area contributed by atoms with Gasteiger partial charge >= 0.3 is 0 Å². The van der Waals surface area contributed by atoms with E-state index in [2.05, 4.69) is 50.8 Å². The average Bonchev–Trinajstić information content (AvgIpc) is 2.62. The molecule has 1 aliphatic carbocycles. The molecule has 1 unspecified atom stereocenters.